The Balaban J connectivity index is 1.65. The molecule has 3 aromatic rings. The Labute approximate surface area is 193 Å². The van der Waals surface area contributed by atoms with Crippen molar-refractivity contribution in [2.75, 3.05) is 9.62 Å². The standard InChI is InChI=1S/C23H18ClF3N2O3S/c1-14-11-15-5-2-3-8-21(15)29(14)22(30)16-6-4-7-18(12-16)33(31,32)28-20-13-17(23(25,26)27)9-10-19(20)24/h2-10,12-14,28H,11H2,1H3/t14-/m1/s1. The molecule has 0 fully saturated rings. The van der Waals surface area contributed by atoms with E-state index in [4.69, 9.17) is 11.6 Å². The van der Waals surface area contributed by atoms with Crippen LogP contribution < -0.4 is 9.62 Å². The molecule has 3 aromatic carbocycles. The van der Waals surface area contributed by atoms with Crippen molar-refractivity contribution in [1.29, 1.82) is 0 Å². The van der Waals surface area contributed by atoms with Gasteiger partial charge in [0.2, 0.25) is 0 Å². The predicted octanol–water partition coefficient (Wildman–Crippen LogP) is 5.75. The van der Waals surface area contributed by atoms with Crippen LogP contribution in [0, 0.1) is 0 Å². The van der Waals surface area contributed by atoms with Crippen molar-refractivity contribution in [3.63, 3.8) is 0 Å². The third kappa shape index (κ3) is 4.56. The molecular weight excluding hydrogens is 477 g/mol. The summed E-state index contributed by atoms with van der Waals surface area (Å²) in [5, 5.41) is -0.193. The summed E-state index contributed by atoms with van der Waals surface area (Å²) in [7, 11) is -4.32. The number of hydrogen-bond donors (Lipinski definition) is 1. The van der Waals surface area contributed by atoms with Gasteiger partial charge in [0.25, 0.3) is 15.9 Å². The molecule has 0 radical (unpaired) electrons. The van der Waals surface area contributed by atoms with Crippen LogP contribution in [0.4, 0.5) is 24.5 Å². The number of alkyl halides is 3. The molecule has 1 aliphatic rings. The van der Waals surface area contributed by atoms with Gasteiger partial charge in [-0.05, 0) is 61.4 Å². The van der Waals surface area contributed by atoms with Gasteiger partial charge in [-0.25, -0.2) is 8.42 Å². The van der Waals surface area contributed by atoms with E-state index in [0.29, 0.717) is 12.5 Å². The summed E-state index contributed by atoms with van der Waals surface area (Å²) in [6, 6.07) is 15.0. The molecule has 1 N–H and O–H groups in total. The second kappa shape index (κ2) is 8.39. The molecular formula is C23H18ClF3N2O3S. The van der Waals surface area contributed by atoms with Crippen molar-refractivity contribution < 1.29 is 26.4 Å². The Morgan fingerprint density at radius 1 is 1.06 bits per heavy atom. The smallest absolute Gasteiger partial charge is 0.305 e. The molecule has 1 heterocycles. The Bertz CT molecular complexity index is 1340. The molecule has 1 atom stereocenters. The fourth-order valence-electron chi connectivity index (χ4n) is 3.79. The highest BCUT2D eigenvalue weighted by atomic mass is 35.5. The quantitative estimate of drug-likeness (QED) is 0.502. The highest BCUT2D eigenvalue weighted by Crippen LogP contribution is 2.35. The number of anilines is 2. The summed E-state index contributed by atoms with van der Waals surface area (Å²) in [6.07, 6.45) is -3.99. The van der Waals surface area contributed by atoms with Gasteiger partial charge in [0, 0.05) is 17.3 Å². The van der Waals surface area contributed by atoms with E-state index >= 15 is 0 Å². The third-order valence-corrected chi connectivity index (χ3v) is 7.05. The molecule has 1 amide bonds. The number of para-hydroxylation sites is 1. The minimum Gasteiger partial charge on any atom is -0.305 e. The summed E-state index contributed by atoms with van der Waals surface area (Å²) in [5.41, 5.74) is 0.456. The lowest BCUT2D eigenvalue weighted by Crippen LogP contribution is -2.35. The first-order valence-corrected chi connectivity index (χ1v) is 11.7. The van der Waals surface area contributed by atoms with Gasteiger partial charge in [-0.15, -0.1) is 0 Å². The van der Waals surface area contributed by atoms with Gasteiger partial charge in [-0.2, -0.15) is 13.2 Å². The first-order valence-electron chi connectivity index (χ1n) is 9.88. The average molecular weight is 495 g/mol. The van der Waals surface area contributed by atoms with E-state index in [1.807, 2.05) is 31.2 Å². The van der Waals surface area contributed by atoms with Gasteiger partial charge in [-0.1, -0.05) is 35.9 Å². The van der Waals surface area contributed by atoms with Gasteiger partial charge < -0.3 is 4.90 Å². The largest absolute Gasteiger partial charge is 0.416 e. The van der Waals surface area contributed by atoms with Crippen LogP contribution >= 0.6 is 11.6 Å². The second-order valence-electron chi connectivity index (χ2n) is 7.68. The average Bonchev–Trinajstić information content (AvgIpc) is 3.09. The fraction of sp³-hybridized carbons (Fsp3) is 0.174. The van der Waals surface area contributed by atoms with Gasteiger partial charge in [0.15, 0.2) is 0 Å². The van der Waals surface area contributed by atoms with Gasteiger partial charge in [0.05, 0.1) is 21.2 Å². The lowest BCUT2D eigenvalue weighted by Gasteiger charge is -2.23. The van der Waals surface area contributed by atoms with Crippen molar-refractivity contribution >= 4 is 38.9 Å². The SMILES string of the molecule is C[C@@H]1Cc2ccccc2N1C(=O)c1cccc(S(=O)(=O)Nc2cc(C(F)(F)F)ccc2Cl)c1. The lowest BCUT2D eigenvalue weighted by molar-refractivity contribution is -0.137. The number of rotatable bonds is 4. The summed E-state index contributed by atoms with van der Waals surface area (Å²) >= 11 is 5.92. The van der Waals surface area contributed by atoms with E-state index in [1.54, 1.807) is 4.90 Å². The molecule has 33 heavy (non-hydrogen) atoms. The molecule has 0 aliphatic carbocycles. The molecule has 172 valence electrons. The van der Waals surface area contributed by atoms with E-state index in [0.717, 1.165) is 23.4 Å². The first-order chi connectivity index (χ1) is 15.5. The van der Waals surface area contributed by atoms with Crippen LogP contribution in [0.15, 0.2) is 71.6 Å². The predicted molar refractivity (Wildman–Crippen MR) is 120 cm³/mol. The maximum Gasteiger partial charge on any atom is 0.416 e. The summed E-state index contributed by atoms with van der Waals surface area (Å²) in [6.45, 7) is 1.90. The minimum atomic E-state index is -4.67. The number of benzene rings is 3. The van der Waals surface area contributed by atoms with Crippen LogP contribution in [0.5, 0.6) is 0 Å². The number of halogens is 4. The third-order valence-electron chi connectivity index (χ3n) is 5.36. The van der Waals surface area contributed by atoms with Crippen molar-refractivity contribution in [2.24, 2.45) is 0 Å². The van der Waals surface area contributed by atoms with Crippen molar-refractivity contribution in [3.05, 3.63) is 88.4 Å². The van der Waals surface area contributed by atoms with Crippen LogP contribution in [-0.2, 0) is 22.6 Å². The topological polar surface area (TPSA) is 66.5 Å². The number of sulfonamides is 1. The molecule has 0 unspecified atom stereocenters. The summed E-state index contributed by atoms with van der Waals surface area (Å²) < 4.78 is 66.9. The zero-order valence-electron chi connectivity index (χ0n) is 17.2. The number of nitrogens with one attached hydrogen (secondary N) is 1. The van der Waals surface area contributed by atoms with Crippen LogP contribution in [0.25, 0.3) is 0 Å². The van der Waals surface area contributed by atoms with Crippen LogP contribution in [0.1, 0.15) is 28.4 Å². The normalized spacial score (nSPS) is 15.9. The van der Waals surface area contributed by atoms with Crippen molar-refractivity contribution in [3.8, 4) is 0 Å². The Morgan fingerprint density at radius 3 is 2.52 bits per heavy atom. The summed E-state index contributed by atoms with van der Waals surface area (Å²) in [4.78, 5) is 14.6. The molecule has 0 spiro atoms. The van der Waals surface area contributed by atoms with Gasteiger partial charge in [-0.3, -0.25) is 9.52 Å². The molecule has 0 bridgehead atoms. The van der Waals surface area contributed by atoms with E-state index in [1.165, 1.54) is 24.3 Å². The maximum absolute atomic E-state index is 13.2. The van der Waals surface area contributed by atoms with Crippen LogP contribution in [-0.4, -0.2) is 20.4 Å². The molecule has 10 heteroatoms. The molecule has 1 aliphatic heterocycles. The van der Waals surface area contributed by atoms with Crippen molar-refractivity contribution in [1.82, 2.24) is 0 Å². The van der Waals surface area contributed by atoms with E-state index in [-0.39, 0.29) is 27.4 Å². The van der Waals surface area contributed by atoms with Crippen molar-refractivity contribution in [2.45, 2.75) is 30.5 Å². The maximum atomic E-state index is 13.2. The van der Waals surface area contributed by atoms with E-state index in [2.05, 4.69) is 4.72 Å². The fourth-order valence-corrected chi connectivity index (χ4v) is 5.13. The van der Waals surface area contributed by atoms with E-state index < -0.39 is 27.5 Å². The number of carbonyl (C=O) groups is 1. The van der Waals surface area contributed by atoms with Crippen LogP contribution in [0.2, 0.25) is 5.02 Å². The van der Waals surface area contributed by atoms with Gasteiger partial charge >= 0.3 is 6.18 Å². The molecule has 4 rings (SSSR count). The molecule has 5 nitrogen and oxygen atoms in total. The highest BCUT2D eigenvalue weighted by molar-refractivity contribution is 7.92. The number of amides is 1. The highest BCUT2D eigenvalue weighted by Gasteiger charge is 2.33. The molecule has 0 aromatic heterocycles. The Morgan fingerprint density at radius 2 is 1.79 bits per heavy atom. The number of hydrogen-bond acceptors (Lipinski definition) is 3. The Kier molecular flexibility index (Phi) is 5.88. The number of carbonyl (C=O) groups excluding carboxylic acids is 1. The molecule has 0 saturated heterocycles. The second-order valence-corrected chi connectivity index (χ2v) is 9.77. The lowest BCUT2D eigenvalue weighted by atomic mass is 10.1. The first kappa shape index (κ1) is 23.1. The minimum absolute atomic E-state index is 0.114. The summed E-state index contributed by atoms with van der Waals surface area (Å²) in [5.74, 6) is -0.374. The number of nitrogens with zero attached hydrogens (tertiary/aromatic N) is 1. The zero-order chi connectivity index (χ0) is 24.0. The zero-order valence-corrected chi connectivity index (χ0v) is 18.8. The number of fused-ring (bicyclic) bond motifs is 1. The monoisotopic (exact) mass is 494 g/mol. The van der Waals surface area contributed by atoms with Gasteiger partial charge in [0.1, 0.15) is 0 Å². The van der Waals surface area contributed by atoms with E-state index in [9.17, 15) is 26.4 Å². The Hall–Kier alpha value is -3.04. The van der Waals surface area contributed by atoms with Crippen LogP contribution in [0.3, 0.4) is 0 Å². The molecule has 0 saturated carbocycles.